The molecule has 1 atom stereocenters. The second-order valence-corrected chi connectivity index (χ2v) is 3.56. The fraction of sp³-hybridized carbons (Fsp3) is 0.462. The van der Waals surface area contributed by atoms with Crippen LogP contribution in [0.2, 0.25) is 0 Å². The average Bonchev–Trinajstić information content (AvgIpc) is 2.30. The molecule has 0 bridgehead atoms. The van der Waals surface area contributed by atoms with E-state index >= 15 is 0 Å². The molecule has 82 valence electrons. The van der Waals surface area contributed by atoms with Crippen LogP contribution >= 0.6 is 0 Å². The maximum Gasteiger partial charge on any atom is 0.140 e. The van der Waals surface area contributed by atoms with Crippen LogP contribution < -0.4 is 4.74 Å². The zero-order valence-electron chi connectivity index (χ0n) is 9.62. The SMILES string of the molecule is CCC(=O)[C@@H](CC)c1cccc(OC)c1. The van der Waals surface area contributed by atoms with Gasteiger partial charge >= 0.3 is 0 Å². The largest absolute Gasteiger partial charge is 0.497 e. The molecule has 0 saturated heterocycles. The van der Waals surface area contributed by atoms with E-state index < -0.39 is 0 Å². The number of carbonyl (C=O) groups excluding carboxylic acids is 1. The topological polar surface area (TPSA) is 26.3 Å². The minimum absolute atomic E-state index is 0.0186. The van der Waals surface area contributed by atoms with Crippen LogP contribution in [0, 0.1) is 0 Å². The number of rotatable bonds is 5. The lowest BCUT2D eigenvalue weighted by Crippen LogP contribution is -2.10. The Kier molecular flexibility index (Phi) is 4.35. The molecule has 2 nitrogen and oxygen atoms in total. The van der Waals surface area contributed by atoms with Crippen LogP contribution in [0.3, 0.4) is 0 Å². The van der Waals surface area contributed by atoms with E-state index in [1.807, 2.05) is 38.1 Å². The molecule has 0 aliphatic heterocycles. The highest BCUT2D eigenvalue weighted by molar-refractivity contribution is 5.85. The molecule has 0 heterocycles. The molecule has 0 saturated carbocycles. The van der Waals surface area contributed by atoms with Gasteiger partial charge in [0.15, 0.2) is 0 Å². The lowest BCUT2D eigenvalue weighted by atomic mass is 9.91. The zero-order chi connectivity index (χ0) is 11.3. The van der Waals surface area contributed by atoms with Crippen molar-refractivity contribution in [2.45, 2.75) is 32.6 Å². The summed E-state index contributed by atoms with van der Waals surface area (Å²) in [5.74, 6) is 1.13. The summed E-state index contributed by atoms with van der Waals surface area (Å²) in [6.07, 6.45) is 1.44. The number of Topliss-reactive ketones (excluding diaryl/α,β-unsaturated/α-hetero) is 1. The molecule has 1 aromatic carbocycles. The summed E-state index contributed by atoms with van der Waals surface area (Å²) in [5.41, 5.74) is 1.06. The summed E-state index contributed by atoms with van der Waals surface area (Å²) in [5, 5.41) is 0. The minimum atomic E-state index is 0.0186. The predicted molar refractivity (Wildman–Crippen MR) is 61.3 cm³/mol. The van der Waals surface area contributed by atoms with Gasteiger partial charge in [0.25, 0.3) is 0 Å². The van der Waals surface area contributed by atoms with Crippen LogP contribution in [0.1, 0.15) is 38.2 Å². The van der Waals surface area contributed by atoms with E-state index in [-0.39, 0.29) is 5.92 Å². The summed E-state index contributed by atoms with van der Waals surface area (Å²) < 4.78 is 5.15. The Morgan fingerprint density at radius 3 is 2.67 bits per heavy atom. The molecule has 0 spiro atoms. The number of benzene rings is 1. The van der Waals surface area contributed by atoms with E-state index in [0.29, 0.717) is 12.2 Å². The normalized spacial score (nSPS) is 12.2. The molecule has 2 heteroatoms. The quantitative estimate of drug-likeness (QED) is 0.739. The smallest absolute Gasteiger partial charge is 0.140 e. The fourth-order valence-electron chi connectivity index (χ4n) is 1.75. The van der Waals surface area contributed by atoms with Gasteiger partial charge in [0.2, 0.25) is 0 Å². The Morgan fingerprint density at radius 1 is 1.40 bits per heavy atom. The van der Waals surface area contributed by atoms with Crippen LogP contribution in [-0.2, 0) is 4.79 Å². The molecule has 1 rings (SSSR count). The minimum Gasteiger partial charge on any atom is -0.497 e. The van der Waals surface area contributed by atoms with Gasteiger partial charge in [-0.05, 0) is 24.1 Å². The summed E-state index contributed by atoms with van der Waals surface area (Å²) in [6, 6.07) is 7.76. The molecule has 1 aromatic rings. The summed E-state index contributed by atoms with van der Waals surface area (Å²) >= 11 is 0. The highest BCUT2D eigenvalue weighted by atomic mass is 16.5. The van der Waals surface area contributed by atoms with Gasteiger partial charge in [0.05, 0.1) is 7.11 Å². The van der Waals surface area contributed by atoms with Crippen molar-refractivity contribution in [2.24, 2.45) is 0 Å². The van der Waals surface area contributed by atoms with Crippen molar-refractivity contribution < 1.29 is 9.53 Å². The van der Waals surface area contributed by atoms with E-state index in [4.69, 9.17) is 4.74 Å². The second-order valence-electron chi connectivity index (χ2n) is 3.56. The summed E-state index contributed by atoms with van der Waals surface area (Å²) in [4.78, 5) is 11.7. The molecule has 15 heavy (non-hydrogen) atoms. The summed E-state index contributed by atoms with van der Waals surface area (Å²) in [6.45, 7) is 3.95. The Balaban J connectivity index is 2.96. The van der Waals surface area contributed by atoms with Crippen molar-refractivity contribution in [3.63, 3.8) is 0 Å². The molecule has 0 radical (unpaired) electrons. The van der Waals surface area contributed by atoms with E-state index in [9.17, 15) is 4.79 Å². The number of ketones is 1. The van der Waals surface area contributed by atoms with E-state index in [1.165, 1.54) is 0 Å². The van der Waals surface area contributed by atoms with Crippen LogP contribution in [0.25, 0.3) is 0 Å². The first-order valence-electron chi connectivity index (χ1n) is 5.39. The van der Waals surface area contributed by atoms with Crippen molar-refractivity contribution in [3.05, 3.63) is 29.8 Å². The van der Waals surface area contributed by atoms with E-state index in [1.54, 1.807) is 7.11 Å². The third-order valence-corrected chi connectivity index (χ3v) is 2.64. The lowest BCUT2D eigenvalue weighted by Gasteiger charge is -2.13. The van der Waals surface area contributed by atoms with Crippen molar-refractivity contribution in [2.75, 3.05) is 7.11 Å². The monoisotopic (exact) mass is 206 g/mol. The van der Waals surface area contributed by atoms with Crippen molar-refractivity contribution >= 4 is 5.78 Å². The van der Waals surface area contributed by atoms with Gasteiger partial charge in [0, 0.05) is 12.3 Å². The summed E-state index contributed by atoms with van der Waals surface area (Å²) in [7, 11) is 1.64. The standard InChI is InChI=1S/C13H18O2/c1-4-12(13(14)5-2)10-7-6-8-11(9-10)15-3/h6-9,12H,4-5H2,1-3H3/t12-/m0/s1. The lowest BCUT2D eigenvalue weighted by molar-refractivity contribution is -0.120. The van der Waals surface area contributed by atoms with Crippen LogP contribution in [0.4, 0.5) is 0 Å². The van der Waals surface area contributed by atoms with Crippen LogP contribution in [-0.4, -0.2) is 12.9 Å². The Labute approximate surface area is 91.3 Å². The number of ether oxygens (including phenoxy) is 1. The molecule has 0 aromatic heterocycles. The van der Waals surface area contributed by atoms with Gasteiger partial charge in [-0.3, -0.25) is 4.79 Å². The molecular formula is C13H18O2. The Morgan fingerprint density at radius 2 is 2.13 bits per heavy atom. The number of methoxy groups -OCH3 is 1. The molecular weight excluding hydrogens is 188 g/mol. The number of hydrogen-bond donors (Lipinski definition) is 0. The predicted octanol–water partition coefficient (Wildman–Crippen LogP) is 3.17. The third kappa shape index (κ3) is 2.82. The first-order valence-corrected chi connectivity index (χ1v) is 5.39. The first kappa shape index (κ1) is 11.8. The van der Waals surface area contributed by atoms with Gasteiger partial charge in [0.1, 0.15) is 11.5 Å². The fourth-order valence-corrected chi connectivity index (χ4v) is 1.75. The van der Waals surface area contributed by atoms with Crippen LogP contribution in [0.15, 0.2) is 24.3 Å². The highest BCUT2D eigenvalue weighted by Gasteiger charge is 2.16. The van der Waals surface area contributed by atoms with Gasteiger partial charge in [-0.15, -0.1) is 0 Å². The zero-order valence-corrected chi connectivity index (χ0v) is 9.62. The van der Waals surface area contributed by atoms with Gasteiger partial charge in [-0.1, -0.05) is 26.0 Å². The maximum atomic E-state index is 11.7. The Hall–Kier alpha value is -1.31. The molecule has 0 unspecified atom stereocenters. The molecule has 0 N–H and O–H groups in total. The first-order chi connectivity index (χ1) is 7.22. The Bertz CT molecular complexity index is 331. The van der Waals surface area contributed by atoms with Crippen LogP contribution in [0.5, 0.6) is 5.75 Å². The maximum absolute atomic E-state index is 11.7. The second kappa shape index (κ2) is 5.54. The molecule has 0 amide bonds. The van der Waals surface area contributed by atoms with Crippen molar-refractivity contribution in [1.82, 2.24) is 0 Å². The van der Waals surface area contributed by atoms with Gasteiger partial charge in [-0.2, -0.15) is 0 Å². The number of carbonyl (C=O) groups is 1. The van der Waals surface area contributed by atoms with Crippen molar-refractivity contribution in [1.29, 1.82) is 0 Å². The van der Waals surface area contributed by atoms with Crippen molar-refractivity contribution in [3.8, 4) is 5.75 Å². The average molecular weight is 206 g/mol. The van der Waals surface area contributed by atoms with Gasteiger partial charge < -0.3 is 4.74 Å². The van der Waals surface area contributed by atoms with E-state index in [2.05, 4.69) is 0 Å². The van der Waals surface area contributed by atoms with E-state index in [0.717, 1.165) is 17.7 Å². The van der Waals surface area contributed by atoms with Gasteiger partial charge in [-0.25, -0.2) is 0 Å². The molecule has 0 aliphatic carbocycles. The molecule has 0 aliphatic rings. The number of hydrogen-bond acceptors (Lipinski definition) is 2. The third-order valence-electron chi connectivity index (χ3n) is 2.64. The molecule has 0 fully saturated rings. The highest BCUT2D eigenvalue weighted by Crippen LogP contribution is 2.25.